The lowest BCUT2D eigenvalue weighted by Crippen LogP contribution is -2.04. The number of fused-ring (bicyclic) bond motifs is 1. The lowest BCUT2D eigenvalue weighted by Gasteiger charge is -2.11. The number of aromatic amines is 1. The average molecular weight is 370 g/mol. The van der Waals surface area contributed by atoms with E-state index in [2.05, 4.69) is 30.8 Å². The highest BCUT2D eigenvalue weighted by Gasteiger charge is 2.12. The molecule has 0 aliphatic rings. The third kappa shape index (κ3) is 3.52. The van der Waals surface area contributed by atoms with E-state index in [1.165, 1.54) is 24.3 Å². The van der Waals surface area contributed by atoms with Crippen molar-refractivity contribution in [1.29, 1.82) is 0 Å². The number of anilines is 4. The number of H-pyrrole nitrogens is 1. The molecule has 0 aliphatic heterocycles. The zero-order valence-electron chi connectivity index (χ0n) is 14.0. The van der Waals surface area contributed by atoms with Gasteiger partial charge in [-0.25, -0.2) is 18.2 Å². The number of nitrogens with zero attached hydrogens (tertiary/aromatic N) is 3. The van der Waals surface area contributed by atoms with Crippen molar-refractivity contribution >= 4 is 34.2 Å². The summed E-state index contributed by atoms with van der Waals surface area (Å²) in [5, 5.41) is 13.1. The van der Waals surface area contributed by atoms with Crippen molar-refractivity contribution < 1.29 is 13.2 Å². The molecule has 0 atom stereocenters. The van der Waals surface area contributed by atoms with Gasteiger partial charge in [0.1, 0.15) is 23.3 Å². The molecule has 0 spiro atoms. The van der Waals surface area contributed by atoms with E-state index in [9.17, 15) is 13.2 Å². The first-order valence-electron chi connectivity index (χ1n) is 7.96. The quantitative estimate of drug-likeness (QED) is 0.491. The second kappa shape index (κ2) is 6.60. The Hall–Kier alpha value is -3.62. The first kappa shape index (κ1) is 16.8. The predicted octanol–water partition coefficient (Wildman–Crippen LogP) is 4.57. The standard InChI is InChI=1S/C18H13F3N6/c1-9-6-16(27-26-9)24-17-12-4-2-11(20)8-15(12)23-18(25-17)22-14-5-3-10(19)7-13(14)21/h2-8H,1H3,(H3,22,23,24,25,26,27). The summed E-state index contributed by atoms with van der Waals surface area (Å²) >= 11 is 0. The van der Waals surface area contributed by atoms with Crippen LogP contribution in [0.1, 0.15) is 5.69 Å². The molecule has 4 rings (SSSR count). The molecule has 0 aliphatic carbocycles. The predicted molar refractivity (Wildman–Crippen MR) is 95.7 cm³/mol. The van der Waals surface area contributed by atoms with Crippen LogP contribution < -0.4 is 10.6 Å². The van der Waals surface area contributed by atoms with Crippen LogP contribution in [0.15, 0.2) is 42.5 Å². The van der Waals surface area contributed by atoms with Crippen molar-refractivity contribution in [2.45, 2.75) is 6.92 Å². The molecule has 0 radical (unpaired) electrons. The normalized spacial score (nSPS) is 11.0. The Bertz CT molecular complexity index is 1140. The van der Waals surface area contributed by atoms with Gasteiger partial charge in [-0.1, -0.05) is 0 Å². The van der Waals surface area contributed by atoms with Crippen LogP contribution in [-0.2, 0) is 0 Å². The minimum absolute atomic E-state index is 0.00582. The number of nitrogens with one attached hydrogen (secondary N) is 3. The number of aromatic nitrogens is 4. The van der Waals surface area contributed by atoms with Crippen molar-refractivity contribution in [2.75, 3.05) is 10.6 Å². The van der Waals surface area contributed by atoms with Gasteiger partial charge in [0.05, 0.1) is 11.2 Å². The van der Waals surface area contributed by atoms with Crippen molar-refractivity contribution in [3.8, 4) is 0 Å². The van der Waals surface area contributed by atoms with E-state index >= 15 is 0 Å². The highest BCUT2D eigenvalue weighted by molar-refractivity contribution is 5.91. The number of rotatable bonds is 4. The summed E-state index contributed by atoms with van der Waals surface area (Å²) in [5.41, 5.74) is 1.15. The second-order valence-electron chi connectivity index (χ2n) is 5.87. The van der Waals surface area contributed by atoms with E-state index in [4.69, 9.17) is 0 Å². The largest absolute Gasteiger partial charge is 0.323 e. The Morgan fingerprint density at radius 3 is 2.41 bits per heavy atom. The fourth-order valence-electron chi connectivity index (χ4n) is 2.57. The first-order chi connectivity index (χ1) is 13.0. The fraction of sp³-hybridized carbons (Fsp3) is 0.0556. The number of hydrogen-bond acceptors (Lipinski definition) is 5. The Balaban J connectivity index is 1.78. The molecular formula is C18H13F3N6. The summed E-state index contributed by atoms with van der Waals surface area (Å²) < 4.78 is 40.6. The lowest BCUT2D eigenvalue weighted by atomic mass is 10.2. The van der Waals surface area contributed by atoms with Gasteiger partial charge in [0.15, 0.2) is 5.82 Å². The fourth-order valence-corrected chi connectivity index (χ4v) is 2.57. The zero-order valence-corrected chi connectivity index (χ0v) is 14.0. The Morgan fingerprint density at radius 2 is 1.67 bits per heavy atom. The number of aryl methyl sites for hydroxylation is 1. The molecule has 3 N–H and O–H groups in total. The number of hydrogen-bond donors (Lipinski definition) is 3. The minimum atomic E-state index is -0.796. The van der Waals surface area contributed by atoms with E-state index in [1.807, 2.05) is 6.92 Å². The first-order valence-corrected chi connectivity index (χ1v) is 7.96. The van der Waals surface area contributed by atoms with Crippen LogP contribution in [0.25, 0.3) is 10.9 Å². The van der Waals surface area contributed by atoms with E-state index in [1.54, 1.807) is 6.07 Å². The van der Waals surface area contributed by atoms with Gasteiger partial charge in [0.25, 0.3) is 0 Å². The maximum absolute atomic E-state index is 13.9. The lowest BCUT2D eigenvalue weighted by molar-refractivity contribution is 0.586. The summed E-state index contributed by atoms with van der Waals surface area (Å²) in [6, 6.07) is 8.92. The molecule has 0 fully saturated rings. The van der Waals surface area contributed by atoms with Crippen molar-refractivity contribution in [3.05, 3.63) is 65.6 Å². The smallest absolute Gasteiger partial charge is 0.229 e. The third-order valence-corrected chi connectivity index (χ3v) is 3.79. The van der Waals surface area contributed by atoms with Gasteiger partial charge in [0.2, 0.25) is 5.95 Å². The van der Waals surface area contributed by atoms with E-state index in [0.717, 1.165) is 17.8 Å². The van der Waals surface area contributed by atoms with Gasteiger partial charge >= 0.3 is 0 Å². The molecule has 2 aromatic carbocycles. The maximum Gasteiger partial charge on any atom is 0.229 e. The molecule has 0 bridgehead atoms. The molecule has 0 amide bonds. The summed E-state index contributed by atoms with van der Waals surface area (Å²) in [5.74, 6) is -1.08. The van der Waals surface area contributed by atoms with Gasteiger partial charge < -0.3 is 10.6 Å². The van der Waals surface area contributed by atoms with Crippen molar-refractivity contribution in [1.82, 2.24) is 20.2 Å². The average Bonchev–Trinajstić information content (AvgIpc) is 3.02. The summed E-state index contributed by atoms with van der Waals surface area (Å²) in [6.45, 7) is 1.84. The van der Waals surface area contributed by atoms with Gasteiger partial charge in [-0.3, -0.25) is 5.10 Å². The SMILES string of the molecule is Cc1cc(Nc2nc(Nc3ccc(F)cc3F)nc3cc(F)ccc23)n[nH]1. The van der Waals surface area contributed by atoms with Crippen LogP contribution in [0, 0.1) is 24.4 Å². The molecular weight excluding hydrogens is 357 g/mol. The summed E-state index contributed by atoms with van der Waals surface area (Å²) in [7, 11) is 0. The number of halogens is 3. The van der Waals surface area contributed by atoms with Gasteiger partial charge in [-0.15, -0.1) is 0 Å². The van der Waals surface area contributed by atoms with Crippen molar-refractivity contribution in [3.63, 3.8) is 0 Å². The van der Waals surface area contributed by atoms with Gasteiger partial charge in [-0.05, 0) is 31.2 Å². The van der Waals surface area contributed by atoms with E-state index < -0.39 is 17.5 Å². The maximum atomic E-state index is 13.9. The molecule has 0 unspecified atom stereocenters. The zero-order chi connectivity index (χ0) is 19.0. The molecule has 6 nitrogen and oxygen atoms in total. The molecule has 9 heteroatoms. The summed E-state index contributed by atoms with van der Waals surface area (Å²) in [4.78, 5) is 8.54. The molecule has 0 saturated carbocycles. The third-order valence-electron chi connectivity index (χ3n) is 3.79. The van der Waals surface area contributed by atoms with Crippen LogP contribution >= 0.6 is 0 Å². The minimum Gasteiger partial charge on any atom is -0.323 e. The molecule has 0 saturated heterocycles. The highest BCUT2D eigenvalue weighted by Crippen LogP contribution is 2.27. The molecule has 2 aromatic heterocycles. The van der Waals surface area contributed by atoms with Crippen LogP contribution in [-0.4, -0.2) is 20.2 Å². The van der Waals surface area contributed by atoms with Gasteiger partial charge in [-0.2, -0.15) is 10.1 Å². The molecule has 2 heterocycles. The molecule has 27 heavy (non-hydrogen) atoms. The van der Waals surface area contributed by atoms with Crippen LogP contribution in [0.2, 0.25) is 0 Å². The molecule has 136 valence electrons. The topological polar surface area (TPSA) is 78.5 Å². The van der Waals surface area contributed by atoms with Crippen LogP contribution in [0.5, 0.6) is 0 Å². The van der Waals surface area contributed by atoms with Crippen LogP contribution in [0.3, 0.4) is 0 Å². The van der Waals surface area contributed by atoms with Gasteiger partial charge in [0, 0.05) is 29.3 Å². The monoisotopic (exact) mass is 370 g/mol. The van der Waals surface area contributed by atoms with E-state index in [-0.39, 0.29) is 11.6 Å². The Kier molecular flexibility index (Phi) is 4.11. The highest BCUT2D eigenvalue weighted by atomic mass is 19.1. The number of benzene rings is 2. The van der Waals surface area contributed by atoms with E-state index in [0.29, 0.717) is 22.5 Å². The van der Waals surface area contributed by atoms with Crippen molar-refractivity contribution in [2.24, 2.45) is 0 Å². The van der Waals surface area contributed by atoms with Crippen LogP contribution in [0.4, 0.5) is 36.4 Å². The Morgan fingerprint density at radius 1 is 0.889 bits per heavy atom. The second-order valence-corrected chi connectivity index (χ2v) is 5.87. The summed E-state index contributed by atoms with van der Waals surface area (Å²) in [6.07, 6.45) is 0. The molecule has 4 aromatic rings. The Labute approximate surface area is 151 Å².